The molecule has 0 fully saturated rings. The first kappa shape index (κ1) is 46.2. The third-order valence-corrected chi connectivity index (χ3v) is 9.03. The van der Waals surface area contributed by atoms with Gasteiger partial charge in [0, 0.05) is 20.1 Å². The van der Waals surface area contributed by atoms with Crippen LogP contribution >= 0.6 is 31.3 Å². The number of hydrogen-bond acceptors (Lipinski definition) is 18. The van der Waals surface area contributed by atoms with Gasteiger partial charge in [-0.15, -0.1) is 0 Å². The molecule has 0 heterocycles. The topological polar surface area (TPSA) is 289 Å². The molecule has 25 heteroatoms. The molecule has 0 saturated heterocycles. The van der Waals surface area contributed by atoms with Crippen molar-refractivity contribution in [2.45, 2.75) is 19.3 Å². The Morgan fingerprint density at radius 1 is 0.543 bits per heavy atom. The van der Waals surface area contributed by atoms with Gasteiger partial charge in [-0.1, -0.05) is 6.42 Å². The summed E-state index contributed by atoms with van der Waals surface area (Å²) in [6.07, 6.45) is 1.58. The Balaban J connectivity index is 4.19. The van der Waals surface area contributed by atoms with E-state index in [1.807, 2.05) is 0 Å². The largest absolute Gasteiger partial charge is 0.756 e. The highest BCUT2D eigenvalue weighted by molar-refractivity contribution is 7.48. The van der Waals surface area contributed by atoms with Crippen molar-refractivity contribution >= 4 is 31.3 Å². The van der Waals surface area contributed by atoms with Gasteiger partial charge < -0.3 is 53.3 Å². The van der Waals surface area contributed by atoms with Crippen LogP contribution in [0.2, 0.25) is 0 Å². The molecule has 278 valence electrons. The molecule has 0 spiro atoms. The van der Waals surface area contributed by atoms with E-state index in [1.54, 1.807) is 0 Å². The maximum atomic E-state index is 12.2. The van der Waals surface area contributed by atoms with Gasteiger partial charge in [-0.2, -0.15) is 0 Å². The molecule has 0 radical (unpaired) electrons. The minimum atomic E-state index is -4.73. The predicted octanol–water partition coefficient (Wildman–Crippen LogP) is 0.960. The molecule has 5 N–H and O–H groups in total. The summed E-state index contributed by atoms with van der Waals surface area (Å²) in [5.41, 5.74) is 5.50. The number of nitrogens with two attached hydrogens (primary N) is 1. The van der Waals surface area contributed by atoms with Crippen molar-refractivity contribution in [3.63, 3.8) is 0 Å². The Labute approximate surface area is 268 Å². The Hall–Kier alpha value is 0.240. The first-order chi connectivity index (χ1) is 21.7. The Morgan fingerprint density at radius 3 is 1.33 bits per heavy atom. The smallest absolute Gasteiger partial charge is 0.472 e. The van der Waals surface area contributed by atoms with Crippen LogP contribution in [0, 0.1) is 5.92 Å². The number of phosphoric acid groups is 4. The first-order valence-electron chi connectivity index (χ1n) is 14.0. The monoisotopic (exact) mass is 758 g/mol. The summed E-state index contributed by atoms with van der Waals surface area (Å²) < 4.78 is 104. The average molecular weight is 758 g/mol. The van der Waals surface area contributed by atoms with Gasteiger partial charge >= 0.3 is 23.5 Å². The van der Waals surface area contributed by atoms with E-state index in [0.29, 0.717) is 25.8 Å². The summed E-state index contributed by atoms with van der Waals surface area (Å²) in [6.45, 7) is -1.08. The van der Waals surface area contributed by atoms with Gasteiger partial charge in [0.15, 0.2) is 0 Å². The number of hydrogen-bond donors (Lipinski definition) is 4. The van der Waals surface area contributed by atoms with Crippen LogP contribution in [0.3, 0.4) is 0 Å². The second kappa shape index (κ2) is 27.0. The fourth-order valence-corrected chi connectivity index (χ4v) is 5.22. The zero-order valence-electron chi connectivity index (χ0n) is 26.0. The number of rotatable bonds is 34. The average Bonchev–Trinajstić information content (AvgIpc) is 3.00. The molecule has 0 saturated carbocycles. The van der Waals surface area contributed by atoms with Gasteiger partial charge in [0.25, 0.3) is 7.82 Å². The van der Waals surface area contributed by atoms with E-state index in [-0.39, 0.29) is 92.5 Å². The van der Waals surface area contributed by atoms with Crippen LogP contribution in [0.5, 0.6) is 0 Å². The SMILES string of the molecule is COP(=O)(O)OCCOCCOCCOP(=O)([O-])OCC(CCCCN)COP(=O)(O)OCCOCCOCCOP(=O)(O)OC. The molecular formula is C21H48NO20P4-. The highest BCUT2D eigenvalue weighted by Gasteiger charge is 2.24. The summed E-state index contributed by atoms with van der Waals surface area (Å²) in [5.74, 6) is -0.608. The van der Waals surface area contributed by atoms with Gasteiger partial charge in [0.2, 0.25) is 0 Å². The molecule has 0 bridgehead atoms. The van der Waals surface area contributed by atoms with Gasteiger partial charge in [-0.25, -0.2) is 13.7 Å². The summed E-state index contributed by atoms with van der Waals surface area (Å²) in [4.78, 5) is 40.2. The van der Waals surface area contributed by atoms with Crippen molar-refractivity contribution in [2.24, 2.45) is 11.7 Å². The third-order valence-electron chi connectivity index (χ3n) is 5.14. The minimum Gasteiger partial charge on any atom is -0.756 e. The van der Waals surface area contributed by atoms with Crippen molar-refractivity contribution in [2.75, 3.05) is 113 Å². The molecule has 0 aliphatic heterocycles. The lowest BCUT2D eigenvalue weighted by Crippen LogP contribution is -2.20. The highest BCUT2D eigenvalue weighted by Crippen LogP contribution is 2.45. The molecule has 0 aromatic rings. The van der Waals surface area contributed by atoms with Crippen LogP contribution in [-0.4, -0.2) is 128 Å². The predicted molar refractivity (Wildman–Crippen MR) is 156 cm³/mol. The molecule has 0 aromatic heterocycles. The number of unbranched alkanes of at least 4 members (excludes halogenated alkanes) is 1. The quantitative estimate of drug-likeness (QED) is 0.0525. The van der Waals surface area contributed by atoms with Crippen molar-refractivity contribution in [3.05, 3.63) is 0 Å². The van der Waals surface area contributed by atoms with Gasteiger partial charge in [-0.3, -0.25) is 31.7 Å². The van der Waals surface area contributed by atoms with E-state index >= 15 is 0 Å². The van der Waals surface area contributed by atoms with Crippen LogP contribution < -0.4 is 10.6 Å². The van der Waals surface area contributed by atoms with E-state index < -0.39 is 37.2 Å². The number of phosphoric ester groups is 4. The van der Waals surface area contributed by atoms with E-state index in [1.165, 1.54) is 0 Å². The molecule has 0 aliphatic carbocycles. The van der Waals surface area contributed by atoms with E-state index in [9.17, 15) is 28.0 Å². The van der Waals surface area contributed by atoms with Crippen LogP contribution in [0.25, 0.3) is 0 Å². The molecule has 5 atom stereocenters. The number of ether oxygens (including phenoxy) is 4. The Kier molecular flexibility index (Phi) is 27.2. The fraction of sp³-hybridized carbons (Fsp3) is 1.00. The second-order valence-electron chi connectivity index (χ2n) is 8.74. The van der Waals surface area contributed by atoms with Crippen LogP contribution in [0.15, 0.2) is 0 Å². The Morgan fingerprint density at radius 2 is 0.913 bits per heavy atom. The Bertz CT molecular complexity index is 879. The zero-order valence-corrected chi connectivity index (χ0v) is 29.5. The van der Waals surface area contributed by atoms with E-state index in [0.717, 1.165) is 14.2 Å². The molecule has 0 amide bonds. The standard InChI is InChI=1S/C21H49NO20P4/c1-31-43(23,24)37-15-11-33-7-9-35-13-17-39-45(27,28)41-19-21(5-3-4-6-22)20-42-46(29,30)40-18-14-36-10-8-34-12-16-38-44(25,26)32-2/h21H,3-20,22H2,1-2H3,(H,23,24)(H,25,26)(H,27,28)(H,29,30)/p-1. The molecule has 46 heavy (non-hydrogen) atoms. The van der Waals surface area contributed by atoms with Gasteiger partial charge in [-0.05, 0) is 19.4 Å². The molecule has 0 aliphatic rings. The normalized spacial score (nSPS) is 18.0. The van der Waals surface area contributed by atoms with E-state index in [4.69, 9.17) is 52.6 Å². The van der Waals surface area contributed by atoms with Crippen molar-refractivity contribution < 1.29 is 93.0 Å². The zero-order chi connectivity index (χ0) is 34.8. The lowest BCUT2D eigenvalue weighted by Gasteiger charge is -2.26. The first-order valence-corrected chi connectivity index (χ1v) is 19.9. The molecular weight excluding hydrogens is 710 g/mol. The molecule has 21 nitrogen and oxygen atoms in total. The third kappa shape index (κ3) is 29.2. The molecule has 0 rings (SSSR count). The maximum Gasteiger partial charge on any atom is 0.472 e. The molecule has 0 aromatic carbocycles. The summed E-state index contributed by atoms with van der Waals surface area (Å²) >= 11 is 0. The lowest BCUT2D eigenvalue weighted by molar-refractivity contribution is -0.227. The van der Waals surface area contributed by atoms with E-state index in [2.05, 4.69) is 18.1 Å². The summed E-state index contributed by atoms with van der Waals surface area (Å²) in [6, 6.07) is 0. The second-order valence-corrected chi connectivity index (χ2v) is 14.7. The fourth-order valence-electron chi connectivity index (χ4n) is 2.85. The van der Waals surface area contributed by atoms with Crippen LogP contribution in [0.4, 0.5) is 0 Å². The minimum absolute atomic E-state index is 0.00419. The van der Waals surface area contributed by atoms with Gasteiger partial charge in [0.1, 0.15) is 0 Å². The van der Waals surface area contributed by atoms with Gasteiger partial charge in [0.05, 0.1) is 92.5 Å². The summed E-state index contributed by atoms with van der Waals surface area (Å²) in [7, 11) is -15.3. The maximum absolute atomic E-state index is 12.2. The highest BCUT2D eigenvalue weighted by atomic mass is 31.2. The summed E-state index contributed by atoms with van der Waals surface area (Å²) in [5, 5.41) is 0. The van der Waals surface area contributed by atoms with Crippen molar-refractivity contribution in [1.29, 1.82) is 0 Å². The van der Waals surface area contributed by atoms with Crippen molar-refractivity contribution in [1.82, 2.24) is 0 Å². The lowest BCUT2D eigenvalue weighted by atomic mass is 10.0. The van der Waals surface area contributed by atoms with Crippen molar-refractivity contribution in [3.8, 4) is 0 Å². The molecule has 5 unspecified atom stereocenters. The van der Waals surface area contributed by atoms with Crippen LogP contribution in [-0.2, 0) is 73.4 Å². The van der Waals surface area contributed by atoms with Crippen LogP contribution in [0.1, 0.15) is 19.3 Å².